The van der Waals surface area contributed by atoms with Crippen LogP contribution in [-0.2, 0) is 6.54 Å². The fourth-order valence-corrected chi connectivity index (χ4v) is 2.92. The summed E-state index contributed by atoms with van der Waals surface area (Å²) in [6.45, 7) is 1.74. The quantitative estimate of drug-likeness (QED) is 0.892. The smallest absolute Gasteiger partial charge is 0.0543 e. The van der Waals surface area contributed by atoms with Crippen LogP contribution in [0.5, 0.6) is 0 Å². The Morgan fingerprint density at radius 2 is 2.24 bits per heavy atom. The van der Waals surface area contributed by atoms with Gasteiger partial charge in [0, 0.05) is 16.0 Å². The minimum Gasteiger partial charge on any atom is -0.393 e. The van der Waals surface area contributed by atoms with E-state index in [0.29, 0.717) is 5.92 Å². The van der Waals surface area contributed by atoms with Crippen molar-refractivity contribution >= 4 is 27.5 Å². The maximum Gasteiger partial charge on any atom is 0.0543 e. The molecule has 0 aromatic heterocycles. The van der Waals surface area contributed by atoms with Crippen molar-refractivity contribution in [2.45, 2.75) is 31.9 Å². The van der Waals surface area contributed by atoms with Crippen LogP contribution in [0, 0.1) is 5.92 Å². The zero-order chi connectivity index (χ0) is 12.3. The van der Waals surface area contributed by atoms with Crippen LogP contribution in [0.3, 0.4) is 0 Å². The van der Waals surface area contributed by atoms with Crippen molar-refractivity contribution in [2.24, 2.45) is 5.92 Å². The average molecular weight is 319 g/mol. The van der Waals surface area contributed by atoms with Crippen LogP contribution in [0.4, 0.5) is 0 Å². The summed E-state index contributed by atoms with van der Waals surface area (Å²) in [5.74, 6) is 0.607. The van der Waals surface area contributed by atoms with Crippen LogP contribution < -0.4 is 5.32 Å². The first-order chi connectivity index (χ1) is 8.15. The normalized spacial score (nSPS) is 24.2. The maximum absolute atomic E-state index is 9.44. The van der Waals surface area contributed by atoms with E-state index < -0.39 is 0 Å². The summed E-state index contributed by atoms with van der Waals surface area (Å²) in [5, 5.41) is 13.7. The minimum absolute atomic E-state index is 0.0868. The minimum atomic E-state index is -0.0868. The molecule has 0 amide bonds. The van der Waals surface area contributed by atoms with Crippen LogP contribution in [0.15, 0.2) is 22.7 Å². The highest BCUT2D eigenvalue weighted by molar-refractivity contribution is 9.10. The molecule has 4 heteroatoms. The first kappa shape index (κ1) is 13.3. The van der Waals surface area contributed by atoms with Crippen LogP contribution in [0.2, 0.25) is 5.02 Å². The molecule has 1 aliphatic rings. The third-order valence-electron chi connectivity index (χ3n) is 3.27. The molecule has 0 radical (unpaired) electrons. The second kappa shape index (κ2) is 6.19. The van der Waals surface area contributed by atoms with Crippen LogP contribution in [-0.4, -0.2) is 17.8 Å². The van der Waals surface area contributed by atoms with Crippen molar-refractivity contribution in [3.05, 3.63) is 33.3 Å². The number of rotatable bonds is 4. The van der Waals surface area contributed by atoms with Crippen LogP contribution in [0.1, 0.15) is 24.8 Å². The largest absolute Gasteiger partial charge is 0.393 e. The molecule has 0 heterocycles. The molecule has 0 saturated heterocycles. The van der Waals surface area contributed by atoms with Gasteiger partial charge in [-0.25, -0.2) is 0 Å². The van der Waals surface area contributed by atoms with Gasteiger partial charge in [0.25, 0.3) is 0 Å². The molecule has 0 aliphatic heterocycles. The van der Waals surface area contributed by atoms with Crippen LogP contribution >= 0.6 is 27.5 Å². The van der Waals surface area contributed by atoms with Gasteiger partial charge in [-0.3, -0.25) is 0 Å². The molecule has 0 bridgehead atoms. The third kappa shape index (κ3) is 3.95. The number of aliphatic hydroxyl groups excluding tert-OH is 1. The number of aliphatic hydroxyl groups is 1. The summed E-state index contributed by atoms with van der Waals surface area (Å²) >= 11 is 9.56. The Balaban J connectivity index is 1.80. The average Bonchev–Trinajstić information content (AvgIpc) is 2.69. The zero-order valence-corrected chi connectivity index (χ0v) is 12.0. The summed E-state index contributed by atoms with van der Waals surface area (Å²) in [6, 6.07) is 5.89. The van der Waals surface area contributed by atoms with E-state index in [-0.39, 0.29) is 6.10 Å². The lowest BCUT2D eigenvalue weighted by atomic mass is 10.1. The van der Waals surface area contributed by atoms with Crippen molar-refractivity contribution in [1.29, 1.82) is 0 Å². The molecule has 2 unspecified atom stereocenters. The Morgan fingerprint density at radius 3 is 2.94 bits per heavy atom. The molecule has 2 rings (SSSR count). The Hall–Kier alpha value is -0.0900. The molecule has 2 atom stereocenters. The highest BCUT2D eigenvalue weighted by Crippen LogP contribution is 2.25. The van der Waals surface area contributed by atoms with Crippen molar-refractivity contribution in [3.63, 3.8) is 0 Å². The molecular weight excluding hydrogens is 302 g/mol. The molecule has 17 heavy (non-hydrogen) atoms. The number of hydrogen-bond donors (Lipinski definition) is 2. The standard InChI is InChI=1S/C13H17BrClNO/c14-11-2-4-13(15)10(6-11)8-16-7-9-1-3-12(17)5-9/h2,4,6,9,12,16-17H,1,3,5,7-8H2. The fraction of sp³-hybridized carbons (Fsp3) is 0.538. The molecule has 1 aromatic rings. The van der Waals surface area contributed by atoms with Gasteiger partial charge in [0.15, 0.2) is 0 Å². The van der Waals surface area contributed by atoms with Gasteiger partial charge in [0.05, 0.1) is 6.10 Å². The topological polar surface area (TPSA) is 32.3 Å². The lowest BCUT2D eigenvalue weighted by Crippen LogP contribution is -2.21. The second-order valence-electron chi connectivity index (χ2n) is 4.70. The number of halogens is 2. The second-order valence-corrected chi connectivity index (χ2v) is 6.02. The number of hydrogen-bond acceptors (Lipinski definition) is 2. The van der Waals surface area contributed by atoms with Gasteiger partial charge in [-0.15, -0.1) is 0 Å². The van der Waals surface area contributed by atoms with Crippen molar-refractivity contribution < 1.29 is 5.11 Å². The van der Waals surface area contributed by atoms with Gasteiger partial charge in [0.2, 0.25) is 0 Å². The summed E-state index contributed by atoms with van der Waals surface area (Å²) < 4.78 is 1.05. The van der Waals surface area contributed by atoms with Crippen molar-refractivity contribution in [1.82, 2.24) is 5.32 Å². The lowest BCUT2D eigenvalue weighted by Gasteiger charge is -2.11. The van der Waals surface area contributed by atoms with E-state index in [1.165, 1.54) is 0 Å². The SMILES string of the molecule is OC1CCC(CNCc2cc(Br)ccc2Cl)C1. The monoisotopic (exact) mass is 317 g/mol. The summed E-state index contributed by atoms with van der Waals surface area (Å²) in [6.07, 6.45) is 2.92. The van der Waals surface area contributed by atoms with Crippen molar-refractivity contribution in [3.8, 4) is 0 Å². The summed E-state index contributed by atoms with van der Waals surface area (Å²) in [5.41, 5.74) is 1.11. The Labute approximate surface area is 115 Å². The highest BCUT2D eigenvalue weighted by atomic mass is 79.9. The predicted molar refractivity (Wildman–Crippen MR) is 74.2 cm³/mol. The van der Waals surface area contributed by atoms with E-state index in [0.717, 1.165) is 47.4 Å². The summed E-state index contributed by atoms with van der Waals surface area (Å²) in [7, 11) is 0. The van der Waals surface area contributed by atoms with Gasteiger partial charge >= 0.3 is 0 Å². The van der Waals surface area contributed by atoms with Gasteiger partial charge in [-0.1, -0.05) is 27.5 Å². The molecule has 1 aliphatic carbocycles. The molecule has 2 nitrogen and oxygen atoms in total. The van der Waals surface area contributed by atoms with E-state index >= 15 is 0 Å². The van der Waals surface area contributed by atoms with E-state index in [1.54, 1.807) is 0 Å². The fourth-order valence-electron chi connectivity index (χ4n) is 2.32. The number of benzene rings is 1. The molecule has 0 spiro atoms. The molecule has 1 saturated carbocycles. The molecular formula is C13H17BrClNO. The Bertz CT molecular complexity index is 386. The van der Waals surface area contributed by atoms with Crippen LogP contribution in [0.25, 0.3) is 0 Å². The molecule has 1 aromatic carbocycles. The molecule has 94 valence electrons. The Kier molecular flexibility index (Phi) is 4.86. The van der Waals surface area contributed by atoms with Crippen molar-refractivity contribution in [2.75, 3.05) is 6.54 Å². The van der Waals surface area contributed by atoms with E-state index in [2.05, 4.69) is 21.2 Å². The first-order valence-corrected chi connectivity index (χ1v) is 7.15. The lowest BCUT2D eigenvalue weighted by molar-refractivity contribution is 0.177. The molecule has 2 N–H and O–H groups in total. The zero-order valence-electron chi connectivity index (χ0n) is 9.63. The third-order valence-corrected chi connectivity index (χ3v) is 4.13. The van der Waals surface area contributed by atoms with Gasteiger partial charge < -0.3 is 10.4 Å². The van der Waals surface area contributed by atoms with Gasteiger partial charge in [0.1, 0.15) is 0 Å². The van der Waals surface area contributed by atoms with E-state index in [9.17, 15) is 5.11 Å². The first-order valence-electron chi connectivity index (χ1n) is 5.98. The van der Waals surface area contributed by atoms with E-state index in [1.807, 2.05) is 18.2 Å². The maximum atomic E-state index is 9.44. The molecule has 1 fully saturated rings. The van der Waals surface area contributed by atoms with E-state index in [4.69, 9.17) is 11.6 Å². The summed E-state index contributed by atoms with van der Waals surface area (Å²) in [4.78, 5) is 0. The highest BCUT2D eigenvalue weighted by Gasteiger charge is 2.22. The Morgan fingerprint density at radius 1 is 1.41 bits per heavy atom. The van der Waals surface area contributed by atoms with Gasteiger partial charge in [-0.2, -0.15) is 0 Å². The van der Waals surface area contributed by atoms with Gasteiger partial charge in [-0.05, 0) is 55.5 Å². The number of nitrogens with one attached hydrogen (secondary N) is 1. The predicted octanol–water partition coefficient (Wildman–Crippen LogP) is 3.35.